The molecule has 1 nitrogen and oxygen atoms in total. The molecule has 0 bridgehead atoms. The van der Waals surface area contributed by atoms with Gasteiger partial charge in [0.1, 0.15) is 6.29 Å². The lowest BCUT2D eigenvalue weighted by atomic mass is 10.1. The molecule has 1 rings (SSSR count). The predicted octanol–water partition coefficient (Wildman–Crippen LogP) is 3.22. The number of carbonyl (C=O) groups excluding carboxylic acids is 1. The largest absolute Gasteiger partial charge is 0.298 e. The van der Waals surface area contributed by atoms with E-state index < -0.39 is 0 Å². The predicted molar refractivity (Wildman–Crippen MR) is 59.0 cm³/mol. The fraction of sp³-hybridized carbons (Fsp3) is 0.182. The van der Waals surface area contributed by atoms with Crippen LogP contribution >= 0.6 is 11.8 Å². The summed E-state index contributed by atoms with van der Waals surface area (Å²) in [7, 11) is 0. The molecule has 0 unspecified atom stereocenters. The van der Waals surface area contributed by atoms with Gasteiger partial charge in [0.2, 0.25) is 0 Å². The number of rotatable bonds is 4. The Morgan fingerprint density at radius 1 is 1.23 bits per heavy atom. The molecule has 13 heavy (non-hydrogen) atoms. The molecule has 0 amide bonds. The maximum atomic E-state index is 10.4. The molecule has 0 saturated carbocycles. The smallest absolute Gasteiger partial charge is 0.150 e. The van der Waals surface area contributed by atoms with Crippen LogP contribution in [0.3, 0.4) is 0 Å². The number of hydrogen-bond acceptors (Lipinski definition) is 2. The lowest BCUT2D eigenvalue weighted by Crippen LogP contribution is -1.78. The molecule has 0 aliphatic heterocycles. The first kappa shape index (κ1) is 10.1. The quantitative estimate of drug-likeness (QED) is 0.681. The minimum absolute atomic E-state index is 0.722. The van der Waals surface area contributed by atoms with Gasteiger partial charge in [-0.25, -0.2) is 0 Å². The minimum atomic E-state index is 0.722. The summed E-state index contributed by atoms with van der Waals surface area (Å²) >= 11 is 1.76. The Morgan fingerprint density at radius 3 is 2.38 bits per heavy atom. The van der Waals surface area contributed by atoms with Crippen LogP contribution in [0.4, 0.5) is 0 Å². The Kier molecular flexibility index (Phi) is 4.33. The number of carbonyl (C=O) groups is 1. The SMILES string of the molecule is CCS/C=C/c1ccc(C=O)cc1. The van der Waals surface area contributed by atoms with Crippen molar-refractivity contribution in [2.75, 3.05) is 5.75 Å². The van der Waals surface area contributed by atoms with Gasteiger partial charge in [0.05, 0.1) is 0 Å². The van der Waals surface area contributed by atoms with Crippen LogP contribution in [-0.2, 0) is 0 Å². The van der Waals surface area contributed by atoms with E-state index in [1.807, 2.05) is 30.3 Å². The summed E-state index contributed by atoms with van der Waals surface area (Å²) in [5.74, 6) is 1.09. The molecule has 0 N–H and O–H groups in total. The van der Waals surface area contributed by atoms with Gasteiger partial charge in [0, 0.05) is 5.56 Å². The van der Waals surface area contributed by atoms with E-state index in [2.05, 4.69) is 12.3 Å². The highest BCUT2D eigenvalue weighted by Gasteiger charge is 1.88. The van der Waals surface area contributed by atoms with E-state index in [1.165, 1.54) is 0 Å². The topological polar surface area (TPSA) is 17.1 Å². The maximum absolute atomic E-state index is 10.4. The lowest BCUT2D eigenvalue weighted by molar-refractivity contribution is 0.112. The van der Waals surface area contributed by atoms with Crippen LogP contribution in [0.1, 0.15) is 22.8 Å². The average molecular weight is 192 g/mol. The second-order valence-electron chi connectivity index (χ2n) is 2.54. The molecule has 1 aromatic rings. The van der Waals surface area contributed by atoms with Crippen molar-refractivity contribution in [2.45, 2.75) is 6.92 Å². The summed E-state index contributed by atoms with van der Waals surface area (Å²) in [4.78, 5) is 10.4. The standard InChI is InChI=1S/C11H12OS/c1-2-13-8-7-10-3-5-11(9-12)6-4-10/h3-9H,2H2,1H3/b8-7+. The Labute approximate surface area is 82.9 Å². The normalized spacial score (nSPS) is 10.5. The number of thioether (sulfide) groups is 1. The minimum Gasteiger partial charge on any atom is -0.298 e. The molecule has 0 saturated heterocycles. The molecule has 68 valence electrons. The van der Waals surface area contributed by atoms with Crippen LogP contribution < -0.4 is 0 Å². The van der Waals surface area contributed by atoms with Crippen molar-refractivity contribution in [2.24, 2.45) is 0 Å². The van der Waals surface area contributed by atoms with E-state index in [-0.39, 0.29) is 0 Å². The van der Waals surface area contributed by atoms with Crippen molar-refractivity contribution >= 4 is 24.1 Å². The molecule has 0 aliphatic carbocycles. The zero-order valence-corrected chi connectivity index (χ0v) is 8.38. The van der Waals surface area contributed by atoms with Crippen molar-refractivity contribution in [3.63, 3.8) is 0 Å². The van der Waals surface area contributed by atoms with Gasteiger partial charge in [-0.3, -0.25) is 4.79 Å². The van der Waals surface area contributed by atoms with Gasteiger partial charge in [-0.15, -0.1) is 11.8 Å². The molecule has 2 heteroatoms. The molecular formula is C11H12OS. The first-order valence-corrected chi connectivity index (χ1v) is 5.25. The molecule has 0 radical (unpaired) electrons. The Hall–Kier alpha value is -1.02. The molecule has 0 heterocycles. The van der Waals surface area contributed by atoms with Crippen molar-refractivity contribution in [1.82, 2.24) is 0 Å². The molecule has 0 aliphatic rings. The molecule has 0 spiro atoms. The van der Waals surface area contributed by atoms with E-state index >= 15 is 0 Å². The van der Waals surface area contributed by atoms with Crippen molar-refractivity contribution in [3.05, 3.63) is 40.8 Å². The second-order valence-corrected chi connectivity index (χ2v) is 3.73. The van der Waals surface area contributed by atoms with E-state index in [4.69, 9.17) is 0 Å². The van der Waals surface area contributed by atoms with Gasteiger partial charge in [0.25, 0.3) is 0 Å². The fourth-order valence-corrected chi connectivity index (χ4v) is 1.35. The fourth-order valence-electron chi connectivity index (χ4n) is 0.909. The van der Waals surface area contributed by atoms with Crippen LogP contribution in [0.2, 0.25) is 0 Å². The monoisotopic (exact) mass is 192 g/mol. The lowest BCUT2D eigenvalue weighted by Gasteiger charge is -1.93. The van der Waals surface area contributed by atoms with Crippen LogP contribution in [-0.4, -0.2) is 12.0 Å². The highest BCUT2D eigenvalue weighted by molar-refractivity contribution is 8.02. The van der Waals surface area contributed by atoms with E-state index in [0.29, 0.717) is 0 Å². The number of hydrogen-bond donors (Lipinski definition) is 0. The molecule has 0 aromatic heterocycles. The van der Waals surface area contributed by atoms with Gasteiger partial charge in [0.15, 0.2) is 0 Å². The van der Waals surface area contributed by atoms with Crippen molar-refractivity contribution in [1.29, 1.82) is 0 Å². The third kappa shape index (κ3) is 3.47. The van der Waals surface area contributed by atoms with Gasteiger partial charge in [-0.2, -0.15) is 0 Å². The summed E-state index contributed by atoms with van der Waals surface area (Å²) in [6.07, 6.45) is 2.90. The number of benzene rings is 1. The van der Waals surface area contributed by atoms with Crippen LogP contribution in [0.25, 0.3) is 6.08 Å². The highest BCUT2D eigenvalue weighted by Crippen LogP contribution is 2.08. The van der Waals surface area contributed by atoms with E-state index in [1.54, 1.807) is 11.8 Å². The molecule has 1 aromatic carbocycles. The molecular weight excluding hydrogens is 180 g/mol. The Balaban J connectivity index is 2.63. The average Bonchev–Trinajstić information content (AvgIpc) is 2.19. The van der Waals surface area contributed by atoms with Gasteiger partial charge < -0.3 is 0 Å². The van der Waals surface area contributed by atoms with Crippen LogP contribution in [0.5, 0.6) is 0 Å². The van der Waals surface area contributed by atoms with Crippen LogP contribution in [0.15, 0.2) is 29.7 Å². The summed E-state index contributed by atoms with van der Waals surface area (Å²) in [5.41, 5.74) is 1.85. The zero-order chi connectivity index (χ0) is 9.52. The van der Waals surface area contributed by atoms with Gasteiger partial charge in [-0.1, -0.05) is 31.2 Å². The second kappa shape index (κ2) is 5.60. The maximum Gasteiger partial charge on any atom is 0.150 e. The van der Waals surface area contributed by atoms with Gasteiger partial charge in [-0.05, 0) is 22.8 Å². The summed E-state index contributed by atoms with van der Waals surface area (Å²) < 4.78 is 0. The Morgan fingerprint density at radius 2 is 1.85 bits per heavy atom. The first-order valence-electron chi connectivity index (χ1n) is 4.20. The first-order chi connectivity index (χ1) is 6.36. The third-order valence-corrected chi connectivity index (χ3v) is 2.26. The summed E-state index contributed by atoms with van der Waals surface area (Å²) in [6, 6.07) is 7.53. The molecule has 0 fully saturated rings. The third-order valence-electron chi connectivity index (χ3n) is 1.60. The van der Waals surface area contributed by atoms with Gasteiger partial charge >= 0.3 is 0 Å². The zero-order valence-electron chi connectivity index (χ0n) is 7.57. The van der Waals surface area contributed by atoms with Crippen molar-refractivity contribution < 1.29 is 4.79 Å². The highest BCUT2D eigenvalue weighted by atomic mass is 32.2. The van der Waals surface area contributed by atoms with E-state index in [0.717, 1.165) is 23.2 Å². The van der Waals surface area contributed by atoms with Crippen molar-refractivity contribution in [3.8, 4) is 0 Å². The summed E-state index contributed by atoms with van der Waals surface area (Å²) in [6.45, 7) is 2.12. The van der Waals surface area contributed by atoms with Crippen LogP contribution in [0, 0.1) is 0 Å². The summed E-state index contributed by atoms with van der Waals surface area (Å²) in [5, 5.41) is 2.07. The number of aldehydes is 1. The van der Waals surface area contributed by atoms with E-state index in [9.17, 15) is 4.79 Å². The Bertz CT molecular complexity index is 287. The molecule has 0 atom stereocenters.